The molecule has 0 aliphatic carbocycles. The first-order valence-electron chi connectivity index (χ1n) is 9.71. The fourth-order valence-electron chi connectivity index (χ4n) is 4.11. The van der Waals surface area contributed by atoms with Gasteiger partial charge < -0.3 is 24.3 Å². The van der Waals surface area contributed by atoms with E-state index in [1.54, 1.807) is 11.9 Å². The van der Waals surface area contributed by atoms with Crippen LogP contribution in [0, 0.1) is 0 Å². The molecule has 29 heavy (non-hydrogen) atoms. The number of halogens is 1. The Kier molecular flexibility index (Phi) is 5.50. The van der Waals surface area contributed by atoms with Gasteiger partial charge in [0.05, 0.1) is 24.4 Å². The van der Waals surface area contributed by atoms with E-state index >= 15 is 0 Å². The highest BCUT2D eigenvalue weighted by Crippen LogP contribution is 2.43. The van der Waals surface area contributed by atoms with Crippen LogP contribution in [0.5, 0.6) is 11.5 Å². The van der Waals surface area contributed by atoms with Crippen molar-refractivity contribution in [2.24, 2.45) is 0 Å². The number of para-hydroxylation sites is 3. The van der Waals surface area contributed by atoms with Gasteiger partial charge in [-0.2, -0.15) is 0 Å². The third-order valence-electron chi connectivity index (χ3n) is 5.57. The van der Waals surface area contributed by atoms with Crippen molar-refractivity contribution in [1.29, 1.82) is 0 Å². The molecule has 0 radical (unpaired) electrons. The summed E-state index contributed by atoms with van der Waals surface area (Å²) >= 11 is 0. The highest BCUT2D eigenvalue weighted by molar-refractivity contribution is 6.12. The summed E-state index contributed by atoms with van der Waals surface area (Å²) < 4.78 is 14.0. The number of carbonyl (C=O) groups excluding carboxylic acids is 1. The van der Waals surface area contributed by atoms with Crippen molar-refractivity contribution in [1.82, 2.24) is 9.88 Å². The fourth-order valence-corrected chi connectivity index (χ4v) is 4.11. The minimum atomic E-state index is -0.0518. The van der Waals surface area contributed by atoms with E-state index in [0.29, 0.717) is 29.8 Å². The van der Waals surface area contributed by atoms with Crippen LogP contribution in [0.15, 0.2) is 48.5 Å². The molecule has 1 saturated heterocycles. The summed E-state index contributed by atoms with van der Waals surface area (Å²) in [6, 6.07) is 16.0. The molecule has 6 nitrogen and oxygen atoms in total. The Balaban J connectivity index is 0.00000205. The molecule has 7 heteroatoms. The SMILES string of the molecule is CN1C(=O)c2c(c3ccccc3n2CCC2COCCN2)Oc2ccccc21.Cl. The van der Waals surface area contributed by atoms with Crippen LogP contribution < -0.4 is 15.0 Å². The van der Waals surface area contributed by atoms with Crippen molar-refractivity contribution in [3.05, 3.63) is 54.2 Å². The maximum absolute atomic E-state index is 13.4. The Morgan fingerprint density at radius 1 is 1.14 bits per heavy atom. The van der Waals surface area contributed by atoms with E-state index in [1.165, 1.54) is 0 Å². The number of nitrogens with one attached hydrogen (secondary N) is 1. The Morgan fingerprint density at radius 2 is 1.93 bits per heavy atom. The van der Waals surface area contributed by atoms with Gasteiger partial charge in [-0.05, 0) is 30.7 Å². The Labute approximate surface area is 175 Å². The predicted octanol–water partition coefficient (Wildman–Crippen LogP) is 3.82. The smallest absolute Gasteiger partial charge is 0.278 e. The topological polar surface area (TPSA) is 55.7 Å². The summed E-state index contributed by atoms with van der Waals surface area (Å²) in [5, 5.41) is 4.45. The Bertz CT molecular complexity index is 1040. The number of carbonyl (C=O) groups is 1. The summed E-state index contributed by atoms with van der Waals surface area (Å²) in [7, 11) is 1.80. The number of nitrogens with zero attached hydrogens (tertiary/aromatic N) is 2. The maximum atomic E-state index is 13.4. The average molecular weight is 414 g/mol. The molecule has 0 spiro atoms. The normalized spacial score (nSPS) is 18.4. The number of aromatic nitrogens is 1. The largest absolute Gasteiger partial charge is 0.452 e. The molecular weight excluding hydrogens is 390 g/mol. The summed E-state index contributed by atoms with van der Waals surface area (Å²) in [5.41, 5.74) is 2.41. The third-order valence-corrected chi connectivity index (χ3v) is 5.57. The molecule has 1 amide bonds. The molecule has 1 aromatic heterocycles. The second-order valence-corrected chi connectivity index (χ2v) is 7.30. The predicted molar refractivity (Wildman–Crippen MR) is 116 cm³/mol. The zero-order chi connectivity index (χ0) is 19.1. The van der Waals surface area contributed by atoms with Crippen molar-refractivity contribution in [2.45, 2.75) is 19.0 Å². The number of anilines is 1. The number of fused-ring (bicyclic) bond motifs is 4. The lowest BCUT2D eigenvalue weighted by Crippen LogP contribution is -2.41. The van der Waals surface area contributed by atoms with Crippen LogP contribution in [0.1, 0.15) is 16.9 Å². The summed E-state index contributed by atoms with van der Waals surface area (Å²) in [6.07, 6.45) is 0.884. The van der Waals surface area contributed by atoms with Gasteiger partial charge in [-0.15, -0.1) is 12.4 Å². The highest BCUT2D eigenvalue weighted by Gasteiger charge is 2.32. The van der Waals surface area contributed by atoms with Crippen molar-refractivity contribution in [3.63, 3.8) is 0 Å². The lowest BCUT2D eigenvalue weighted by Gasteiger charge is -2.24. The summed E-state index contributed by atoms with van der Waals surface area (Å²) in [4.78, 5) is 15.1. The van der Waals surface area contributed by atoms with Gasteiger partial charge >= 0.3 is 0 Å². The number of hydrogen-bond acceptors (Lipinski definition) is 4. The first-order chi connectivity index (χ1) is 13.7. The van der Waals surface area contributed by atoms with E-state index in [-0.39, 0.29) is 18.3 Å². The van der Waals surface area contributed by atoms with Gasteiger partial charge in [0.25, 0.3) is 5.91 Å². The molecule has 5 rings (SSSR count). The molecule has 3 heterocycles. The fraction of sp³-hybridized carbons (Fsp3) is 0.318. The number of ether oxygens (including phenoxy) is 2. The molecule has 1 unspecified atom stereocenters. The second kappa shape index (κ2) is 8.06. The van der Waals surface area contributed by atoms with Crippen LogP contribution in [0.4, 0.5) is 5.69 Å². The monoisotopic (exact) mass is 413 g/mol. The van der Waals surface area contributed by atoms with Crippen molar-refractivity contribution in [2.75, 3.05) is 31.7 Å². The van der Waals surface area contributed by atoms with Gasteiger partial charge in [0.15, 0.2) is 17.2 Å². The van der Waals surface area contributed by atoms with Crippen molar-refractivity contribution < 1.29 is 14.3 Å². The van der Waals surface area contributed by atoms with Gasteiger partial charge in [-0.25, -0.2) is 0 Å². The minimum absolute atomic E-state index is 0. The van der Waals surface area contributed by atoms with E-state index < -0.39 is 0 Å². The molecule has 2 aliphatic rings. The Morgan fingerprint density at radius 3 is 2.76 bits per heavy atom. The van der Waals surface area contributed by atoms with E-state index in [4.69, 9.17) is 9.47 Å². The first-order valence-corrected chi connectivity index (χ1v) is 9.71. The number of amides is 1. The summed E-state index contributed by atoms with van der Waals surface area (Å²) in [5.74, 6) is 1.29. The lowest BCUT2D eigenvalue weighted by atomic mass is 10.2. The van der Waals surface area contributed by atoms with Crippen LogP contribution in [0.25, 0.3) is 10.9 Å². The number of hydrogen-bond donors (Lipinski definition) is 1. The van der Waals surface area contributed by atoms with Crippen molar-refractivity contribution >= 4 is 34.9 Å². The number of benzene rings is 2. The van der Waals surface area contributed by atoms with E-state index in [1.807, 2.05) is 42.5 Å². The average Bonchev–Trinajstić information content (AvgIpc) is 3.00. The lowest BCUT2D eigenvalue weighted by molar-refractivity contribution is 0.0728. The van der Waals surface area contributed by atoms with Crippen LogP contribution in [-0.4, -0.2) is 43.3 Å². The number of morpholine rings is 1. The first kappa shape index (κ1) is 19.8. The zero-order valence-electron chi connectivity index (χ0n) is 16.3. The van der Waals surface area contributed by atoms with E-state index in [0.717, 1.165) is 42.7 Å². The van der Waals surface area contributed by atoms with Gasteiger partial charge in [-0.3, -0.25) is 4.79 Å². The summed E-state index contributed by atoms with van der Waals surface area (Å²) in [6.45, 7) is 3.05. The van der Waals surface area contributed by atoms with Gasteiger partial charge in [0.2, 0.25) is 0 Å². The third kappa shape index (κ3) is 3.37. The van der Waals surface area contributed by atoms with Crippen LogP contribution in [0.3, 0.4) is 0 Å². The quantitative estimate of drug-likeness (QED) is 0.709. The molecule has 0 bridgehead atoms. The highest BCUT2D eigenvalue weighted by atomic mass is 35.5. The molecule has 152 valence electrons. The zero-order valence-corrected chi connectivity index (χ0v) is 17.1. The molecule has 3 aromatic rings. The van der Waals surface area contributed by atoms with E-state index in [2.05, 4.69) is 16.0 Å². The number of aryl methyl sites for hydroxylation is 1. The number of rotatable bonds is 3. The molecule has 1 atom stereocenters. The van der Waals surface area contributed by atoms with Crippen LogP contribution in [0.2, 0.25) is 0 Å². The standard InChI is InChI=1S/C22H23N3O3.ClH/c1-24-18-8-4-5-9-19(18)28-21-16-6-2-3-7-17(16)25(20(21)22(24)26)12-10-15-14-27-13-11-23-15;/h2-9,15,23H,10-14H2,1H3;1H. The van der Waals surface area contributed by atoms with Gasteiger partial charge in [0.1, 0.15) is 0 Å². The molecule has 1 fully saturated rings. The molecule has 1 N–H and O–H groups in total. The molecule has 2 aliphatic heterocycles. The molecule has 2 aromatic carbocycles. The van der Waals surface area contributed by atoms with Gasteiger partial charge in [-0.1, -0.05) is 24.3 Å². The van der Waals surface area contributed by atoms with Crippen molar-refractivity contribution in [3.8, 4) is 11.5 Å². The molecule has 0 saturated carbocycles. The van der Waals surface area contributed by atoms with Crippen LogP contribution in [-0.2, 0) is 11.3 Å². The maximum Gasteiger partial charge on any atom is 0.278 e. The second-order valence-electron chi connectivity index (χ2n) is 7.30. The Hall–Kier alpha value is -2.54. The van der Waals surface area contributed by atoms with Gasteiger partial charge in [0, 0.05) is 31.6 Å². The minimum Gasteiger partial charge on any atom is -0.452 e. The van der Waals surface area contributed by atoms with Crippen LogP contribution >= 0.6 is 12.4 Å². The van der Waals surface area contributed by atoms with E-state index in [9.17, 15) is 4.79 Å². The molecular formula is C22H24ClN3O3.